The molecule has 4 rings (SSSR count). The minimum Gasteiger partial charge on any atom is -0.496 e. The largest absolute Gasteiger partial charge is 0.496 e. The van der Waals surface area contributed by atoms with Crippen molar-refractivity contribution in [3.63, 3.8) is 0 Å². The number of nitrogens with one attached hydrogen (secondary N) is 1. The molecule has 3 aromatic rings. The Morgan fingerprint density at radius 1 is 0.939 bits per heavy atom. The quantitative estimate of drug-likeness (QED) is 0.565. The summed E-state index contributed by atoms with van der Waals surface area (Å²) in [7, 11) is -2.19. The average molecular weight is 465 g/mol. The molecule has 0 spiro atoms. The Morgan fingerprint density at radius 3 is 2.21 bits per heavy atom. The number of carbonyl (C=O) groups is 1. The van der Waals surface area contributed by atoms with Crippen molar-refractivity contribution >= 4 is 15.9 Å². The fourth-order valence-corrected chi connectivity index (χ4v) is 5.62. The second kappa shape index (κ2) is 9.77. The maximum absolute atomic E-state index is 13.4. The Balaban J connectivity index is 1.70. The van der Waals surface area contributed by atoms with Gasteiger partial charge in [0.1, 0.15) is 5.75 Å². The molecule has 0 saturated carbocycles. The molecule has 1 heterocycles. The first-order valence-corrected chi connectivity index (χ1v) is 12.4. The van der Waals surface area contributed by atoms with Gasteiger partial charge in [0.05, 0.1) is 23.6 Å². The molecule has 0 radical (unpaired) electrons. The minimum atomic E-state index is -3.66. The summed E-state index contributed by atoms with van der Waals surface area (Å²) < 4.78 is 33.0. The smallest absolute Gasteiger partial charge is 0.255 e. The fraction of sp³-hybridized carbons (Fsp3) is 0.269. The SMILES string of the molecule is COc1ccc(S(=O)(=O)N2CCCC2)cc1C(=O)N[C@@H](c1ccccc1)c1ccc(C)cc1. The zero-order chi connectivity index (χ0) is 23.4. The molecule has 1 aliphatic heterocycles. The summed E-state index contributed by atoms with van der Waals surface area (Å²) >= 11 is 0. The van der Waals surface area contributed by atoms with Crippen molar-refractivity contribution in [3.8, 4) is 5.75 Å². The van der Waals surface area contributed by atoms with Gasteiger partial charge < -0.3 is 10.1 Å². The van der Waals surface area contributed by atoms with E-state index in [0.717, 1.165) is 29.5 Å². The maximum atomic E-state index is 13.4. The van der Waals surface area contributed by atoms with Gasteiger partial charge in [-0.3, -0.25) is 4.79 Å². The zero-order valence-electron chi connectivity index (χ0n) is 18.8. The van der Waals surface area contributed by atoms with Gasteiger partial charge >= 0.3 is 0 Å². The first kappa shape index (κ1) is 23.0. The monoisotopic (exact) mass is 464 g/mol. The van der Waals surface area contributed by atoms with Crippen LogP contribution in [-0.4, -0.2) is 38.8 Å². The number of aryl methyl sites for hydroxylation is 1. The summed E-state index contributed by atoms with van der Waals surface area (Å²) in [5.41, 5.74) is 3.17. The molecule has 172 valence electrons. The van der Waals surface area contributed by atoms with Crippen molar-refractivity contribution in [1.82, 2.24) is 9.62 Å². The second-order valence-corrected chi connectivity index (χ2v) is 10.1. The van der Waals surface area contributed by atoms with Gasteiger partial charge in [0.25, 0.3) is 5.91 Å². The maximum Gasteiger partial charge on any atom is 0.255 e. The van der Waals surface area contributed by atoms with Crippen LogP contribution in [0.2, 0.25) is 0 Å². The van der Waals surface area contributed by atoms with Gasteiger partial charge in [0.2, 0.25) is 10.0 Å². The normalized spacial score (nSPS) is 15.2. The van der Waals surface area contributed by atoms with Gasteiger partial charge in [0, 0.05) is 13.1 Å². The minimum absolute atomic E-state index is 0.0990. The fourth-order valence-electron chi connectivity index (χ4n) is 4.07. The first-order valence-electron chi connectivity index (χ1n) is 11.0. The molecule has 33 heavy (non-hydrogen) atoms. The number of benzene rings is 3. The predicted molar refractivity (Wildman–Crippen MR) is 128 cm³/mol. The molecule has 7 heteroatoms. The number of amides is 1. The van der Waals surface area contributed by atoms with E-state index in [9.17, 15) is 13.2 Å². The molecule has 1 saturated heterocycles. The van der Waals surface area contributed by atoms with Crippen LogP contribution in [0.1, 0.15) is 45.9 Å². The topological polar surface area (TPSA) is 75.7 Å². The average Bonchev–Trinajstić information content (AvgIpc) is 3.39. The van der Waals surface area contributed by atoms with Gasteiger partial charge in [-0.25, -0.2) is 8.42 Å². The van der Waals surface area contributed by atoms with Crippen LogP contribution in [-0.2, 0) is 10.0 Å². The van der Waals surface area contributed by atoms with Crippen LogP contribution in [0.4, 0.5) is 0 Å². The van der Waals surface area contributed by atoms with Crippen LogP contribution in [0.3, 0.4) is 0 Å². The molecule has 0 unspecified atom stereocenters. The van der Waals surface area contributed by atoms with Gasteiger partial charge in [-0.1, -0.05) is 60.2 Å². The number of nitrogens with zero attached hydrogens (tertiary/aromatic N) is 1. The van der Waals surface area contributed by atoms with Gasteiger partial charge in [-0.15, -0.1) is 0 Å². The summed E-state index contributed by atoms with van der Waals surface area (Å²) in [6.07, 6.45) is 1.69. The van der Waals surface area contributed by atoms with E-state index in [2.05, 4.69) is 5.32 Å². The van der Waals surface area contributed by atoms with E-state index in [-0.39, 0.29) is 10.5 Å². The highest BCUT2D eigenvalue weighted by molar-refractivity contribution is 7.89. The molecule has 1 aliphatic rings. The Kier molecular flexibility index (Phi) is 6.81. The number of methoxy groups -OCH3 is 1. The third-order valence-corrected chi connectivity index (χ3v) is 7.83. The summed E-state index contributed by atoms with van der Waals surface area (Å²) in [6, 6.07) is 21.7. The molecule has 1 N–H and O–H groups in total. The lowest BCUT2D eigenvalue weighted by Gasteiger charge is -2.21. The molecule has 0 aliphatic carbocycles. The Hall–Kier alpha value is -3.16. The lowest BCUT2D eigenvalue weighted by atomic mass is 9.97. The molecular formula is C26H28N2O4S. The number of sulfonamides is 1. The summed E-state index contributed by atoms with van der Waals surface area (Å²) in [4.78, 5) is 13.5. The van der Waals surface area contributed by atoms with Crippen LogP contribution in [0.5, 0.6) is 5.75 Å². The van der Waals surface area contributed by atoms with Gasteiger partial charge in [-0.2, -0.15) is 4.31 Å². The lowest BCUT2D eigenvalue weighted by molar-refractivity contribution is 0.0939. The third-order valence-electron chi connectivity index (χ3n) is 5.94. The van der Waals surface area contributed by atoms with Crippen molar-refractivity contribution in [1.29, 1.82) is 0 Å². The van der Waals surface area contributed by atoms with Crippen molar-refractivity contribution in [2.24, 2.45) is 0 Å². The second-order valence-electron chi connectivity index (χ2n) is 8.20. The summed E-state index contributed by atoms with van der Waals surface area (Å²) in [6.45, 7) is 3.01. The van der Waals surface area contributed by atoms with E-state index < -0.39 is 22.0 Å². The van der Waals surface area contributed by atoms with Crippen molar-refractivity contribution in [3.05, 3.63) is 95.1 Å². The zero-order valence-corrected chi connectivity index (χ0v) is 19.6. The van der Waals surface area contributed by atoms with E-state index in [4.69, 9.17) is 4.74 Å². The van der Waals surface area contributed by atoms with Crippen LogP contribution < -0.4 is 10.1 Å². The molecule has 0 aromatic heterocycles. The summed E-state index contributed by atoms with van der Waals surface area (Å²) in [5.74, 6) is -0.0802. The highest BCUT2D eigenvalue weighted by atomic mass is 32.2. The molecule has 6 nitrogen and oxygen atoms in total. The van der Waals surface area contributed by atoms with E-state index in [1.54, 1.807) is 6.07 Å². The molecule has 3 aromatic carbocycles. The Morgan fingerprint density at radius 2 is 1.58 bits per heavy atom. The molecular weight excluding hydrogens is 436 g/mol. The van der Waals surface area contributed by atoms with E-state index >= 15 is 0 Å². The molecule has 1 fully saturated rings. The van der Waals surface area contributed by atoms with Crippen LogP contribution in [0, 0.1) is 6.92 Å². The number of rotatable bonds is 7. The van der Waals surface area contributed by atoms with Crippen LogP contribution >= 0.6 is 0 Å². The van der Waals surface area contributed by atoms with Crippen molar-refractivity contribution < 1.29 is 17.9 Å². The van der Waals surface area contributed by atoms with Gasteiger partial charge in [-0.05, 0) is 49.1 Å². The van der Waals surface area contributed by atoms with Gasteiger partial charge in [0.15, 0.2) is 0 Å². The summed E-state index contributed by atoms with van der Waals surface area (Å²) in [5, 5.41) is 3.08. The highest BCUT2D eigenvalue weighted by Crippen LogP contribution is 2.28. The van der Waals surface area contributed by atoms with Crippen molar-refractivity contribution in [2.45, 2.75) is 30.7 Å². The molecule has 1 amide bonds. The predicted octanol–water partition coefficient (Wildman–Crippen LogP) is 4.31. The van der Waals surface area contributed by atoms with E-state index in [0.29, 0.717) is 18.8 Å². The molecule has 0 bridgehead atoms. The number of hydrogen-bond donors (Lipinski definition) is 1. The van der Waals surface area contributed by atoms with Crippen LogP contribution in [0.15, 0.2) is 77.7 Å². The van der Waals surface area contributed by atoms with E-state index in [1.165, 1.54) is 23.5 Å². The number of ether oxygens (including phenoxy) is 1. The first-order chi connectivity index (χ1) is 15.9. The molecule has 1 atom stereocenters. The van der Waals surface area contributed by atoms with E-state index in [1.807, 2.05) is 61.5 Å². The third kappa shape index (κ3) is 4.94. The lowest BCUT2D eigenvalue weighted by Crippen LogP contribution is -2.31. The Labute approximate surface area is 195 Å². The Bertz CT molecular complexity index is 1220. The standard InChI is InChI=1S/C26H28N2O4S/c1-19-10-12-21(13-11-19)25(20-8-4-3-5-9-20)27-26(29)23-18-22(14-15-24(23)32-2)33(30,31)28-16-6-7-17-28/h3-5,8-15,18,25H,6-7,16-17H2,1-2H3,(H,27,29)/t25-/m0/s1. The van der Waals surface area contributed by atoms with Crippen LogP contribution in [0.25, 0.3) is 0 Å². The highest BCUT2D eigenvalue weighted by Gasteiger charge is 2.29. The number of carbonyl (C=O) groups excluding carboxylic acids is 1. The number of hydrogen-bond acceptors (Lipinski definition) is 4. The van der Waals surface area contributed by atoms with Crippen molar-refractivity contribution in [2.75, 3.05) is 20.2 Å².